The fraction of sp³-hybridized carbons (Fsp3) is 0.727. The lowest BCUT2D eigenvalue weighted by Gasteiger charge is -2.13. The molecule has 1 fully saturated rings. The van der Waals surface area contributed by atoms with Crippen molar-refractivity contribution in [2.75, 3.05) is 20.3 Å². The first-order chi connectivity index (χ1) is 8.04. The topological polar surface area (TPSA) is 78.9 Å². The van der Waals surface area contributed by atoms with Crippen LogP contribution in [0.4, 0.5) is 0 Å². The highest BCUT2D eigenvalue weighted by molar-refractivity contribution is 6.08. The van der Waals surface area contributed by atoms with E-state index in [1.807, 2.05) is 0 Å². The van der Waals surface area contributed by atoms with Crippen LogP contribution >= 0.6 is 0 Å². The molecular weight excluding hydrogens is 228 g/mol. The van der Waals surface area contributed by atoms with Crippen molar-refractivity contribution in [3.8, 4) is 0 Å². The maximum Gasteiger partial charge on any atom is 0.324 e. The number of hydrogen-bond donors (Lipinski definition) is 0. The largest absolute Gasteiger partial charge is 0.469 e. The highest BCUT2D eigenvalue weighted by Crippen LogP contribution is 2.55. The molecular formula is C11H16O6. The van der Waals surface area contributed by atoms with E-state index in [1.165, 1.54) is 7.11 Å². The van der Waals surface area contributed by atoms with E-state index in [0.29, 0.717) is 0 Å². The molecule has 0 N–H and O–H groups in total. The monoisotopic (exact) mass is 244 g/mol. The van der Waals surface area contributed by atoms with Gasteiger partial charge in [0.2, 0.25) is 0 Å². The maximum absolute atomic E-state index is 11.7. The van der Waals surface area contributed by atoms with Crippen LogP contribution in [0.15, 0.2) is 0 Å². The Balaban J connectivity index is 2.86. The van der Waals surface area contributed by atoms with Crippen molar-refractivity contribution in [2.45, 2.75) is 20.3 Å². The Morgan fingerprint density at radius 3 is 1.94 bits per heavy atom. The second-order valence-electron chi connectivity index (χ2n) is 3.69. The molecule has 0 bridgehead atoms. The van der Waals surface area contributed by atoms with Crippen LogP contribution in [0.1, 0.15) is 20.3 Å². The van der Waals surface area contributed by atoms with Crippen molar-refractivity contribution in [1.82, 2.24) is 0 Å². The van der Waals surface area contributed by atoms with Gasteiger partial charge in [0.05, 0.1) is 26.2 Å². The minimum atomic E-state index is -1.49. The number of carbonyl (C=O) groups excluding carboxylic acids is 3. The lowest BCUT2D eigenvalue weighted by atomic mass is 10.0. The summed E-state index contributed by atoms with van der Waals surface area (Å²) in [6.45, 7) is 3.56. The smallest absolute Gasteiger partial charge is 0.324 e. The first-order valence-electron chi connectivity index (χ1n) is 5.46. The van der Waals surface area contributed by atoms with Gasteiger partial charge in [0.25, 0.3) is 0 Å². The summed E-state index contributed by atoms with van der Waals surface area (Å²) in [5.74, 6) is -2.81. The van der Waals surface area contributed by atoms with Crippen LogP contribution in [0.5, 0.6) is 0 Å². The predicted molar refractivity (Wildman–Crippen MR) is 55.8 cm³/mol. The average Bonchev–Trinajstić information content (AvgIpc) is 3.05. The summed E-state index contributed by atoms with van der Waals surface area (Å²) < 4.78 is 14.2. The Morgan fingerprint density at radius 2 is 1.59 bits per heavy atom. The van der Waals surface area contributed by atoms with Crippen LogP contribution in [-0.2, 0) is 28.6 Å². The third kappa shape index (κ3) is 2.25. The van der Waals surface area contributed by atoms with Gasteiger partial charge in [-0.25, -0.2) is 0 Å². The normalized spacial score (nSPS) is 20.3. The molecule has 0 amide bonds. The van der Waals surface area contributed by atoms with Gasteiger partial charge < -0.3 is 14.2 Å². The van der Waals surface area contributed by atoms with Crippen molar-refractivity contribution in [3.63, 3.8) is 0 Å². The minimum absolute atomic E-state index is 0.0946. The number of ether oxygens (including phenoxy) is 3. The molecule has 1 saturated carbocycles. The number of carbonyl (C=O) groups is 3. The zero-order chi connectivity index (χ0) is 13.1. The molecule has 17 heavy (non-hydrogen) atoms. The van der Waals surface area contributed by atoms with Gasteiger partial charge in [0.1, 0.15) is 0 Å². The Labute approximate surface area is 99.2 Å². The first kappa shape index (κ1) is 13.5. The molecule has 0 aromatic rings. The van der Waals surface area contributed by atoms with Gasteiger partial charge in [-0.05, 0) is 20.3 Å². The Hall–Kier alpha value is -1.59. The summed E-state index contributed by atoms with van der Waals surface area (Å²) >= 11 is 0. The summed E-state index contributed by atoms with van der Waals surface area (Å²) in [6.07, 6.45) is 0.0946. The predicted octanol–water partition coefficient (Wildman–Crippen LogP) is 0.292. The second-order valence-corrected chi connectivity index (χ2v) is 3.69. The summed E-state index contributed by atoms with van der Waals surface area (Å²) in [7, 11) is 1.21. The van der Waals surface area contributed by atoms with Crippen LogP contribution in [-0.4, -0.2) is 38.2 Å². The van der Waals surface area contributed by atoms with Crippen molar-refractivity contribution in [1.29, 1.82) is 0 Å². The SMILES string of the molecule is CCOC(=O)C1(C(=O)OCC)CC1C(=O)OC. The Bertz CT molecular complexity index is 317. The molecule has 1 atom stereocenters. The molecule has 1 rings (SSSR count). The molecule has 0 heterocycles. The van der Waals surface area contributed by atoms with Crippen molar-refractivity contribution < 1.29 is 28.6 Å². The number of esters is 3. The van der Waals surface area contributed by atoms with E-state index in [-0.39, 0.29) is 19.6 Å². The van der Waals surface area contributed by atoms with Crippen LogP contribution in [0, 0.1) is 11.3 Å². The molecule has 0 radical (unpaired) electrons. The van der Waals surface area contributed by atoms with E-state index in [1.54, 1.807) is 13.8 Å². The van der Waals surface area contributed by atoms with E-state index < -0.39 is 29.2 Å². The molecule has 6 nitrogen and oxygen atoms in total. The van der Waals surface area contributed by atoms with E-state index in [4.69, 9.17) is 9.47 Å². The number of rotatable bonds is 5. The molecule has 1 unspecified atom stereocenters. The lowest BCUT2D eigenvalue weighted by Crippen LogP contribution is -2.33. The van der Waals surface area contributed by atoms with Crippen LogP contribution in [0.3, 0.4) is 0 Å². The quantitative estimate of drug-likeness (QED) is 0.393. The summed E-state index contributed by atoms with van der Waals surface area (Å²) in [5, 5.41) is 0. The number of hydrogen-bond acceptors (Lipinski definition) is 6. The Kier molecular flexibility index (Phi) is 4.09. The van der Waals surface area contributed by atoms with Gasteiger partial charge >= 0.3 is 17.9 Å². The van der Waals surface area contributed by atoms with Crippen molar-refractivity contribution in [2.24, 2.45) is 11.3 Å². The Morgan fingerprint density at radius 1 is 1.12 bits per heavy atom. The van der Waals surface area contributed by atoms with E-state index in [9.17, 15) is 14.4 Å². The highest BCUT2D eigenvalue weighted by atomic mass is 16.6. The molecule has 0 saturated heterocycles. The summed E-state index contributed by atoms with van der Waals surface area (Å²) in [5.41, 5.74) is -1.49. The molecule has 0 aliphatic heterocycles. The van der Waals surface area contributed by atoms with Gasteiger partial charge in [-0.2, -0.15) is 0 Å². The zero-order valence-corrected chi connectivity index (χ0v) is 10.1. The molecule has 6 heteroatoms. The average molecular weight is 244 g/mol. The summed E-state index contributed by atoms with van der Waals surface area (Å²) in [6, 6.07) is 0. The lowest BCUT2D eigenvalue weighted by molar-refractivity contribution is -0.167. The fourth-order valence-electron chi connectivity index (χ4n) is 1.74. The number of methoxy groups -OCH3 is 1. The van der Waals surface area contributed by atoms with Gasteiger partial charge in [-0.15, -0.1) is 0 Å². The molecule has 0 aromatic carbocycles. The second kappa shape index (κ2) is 5.16. The molecule has 96 valence electrons. The third-order valence-electron chi connectivity index (χ3n) is 2.73. The van der Waals surface area contributed by atoms with E-state index in [2.05, 4.69) is 4.74 Å². The van der Waals surface area contributed by atoms with Crippen LogP contribution in [0.2, 0.25) is 0 Å². The third-order valence-corrected chi connectivity index (χ3v) is 2.73. The minimum Gasteiger partial charge on any atom is -0.469 e. The summed E-state index contributed by atoms with van der Waals surface area (Å²) in [4.78, 5) is 34.9. The van der Waals surface area contributed by atoms with Gasteiger partial charge in [0.15, 0.2) is 5.41 Å². The first-order valence-corrected chi connectivity index (χ1v) is 5.46. The standard InChI is InChI=1S/C11H16O6/c1-4-16-9(13)11(10(14)17-5-2)6-7(11)8(12)15-3/h7H,4-6H2,1-3H3. The molecule has 0 aromatic heterocycles. The van der Waals surface area contributed by atoms with Crippen molar-refractivity contribution >= 4 is 17.9 Å². The molecule has 1 aliphatic rings. The van der Waals surface area contributed by atoms with Gasteiger partial charge in [-0.1, -0.05) is 0 Å². The highest BCUT2D eigenvalue weighted by Gasteiger charge is 2.72. The van der Waals surface area contributed by atoms with Gasteiger partial charge in [-0.3, -0.25) is 14.4 Å². The van der Waals surface area contributed by atoms with E-state index in [0.717, 1.165) is 0 Å². The van der Waals surface area contributed by atoms with E-state index >= 15 is 0 Å². The zero-order valence-electron chi connectivity index (χ0n) is 10.1. The fourth-order valence-corrected chi connectivity index (χ4v) is 1.74. The van der Waals surface area contributed by atoms with Gasteiger partial charge in [0, 0.05) is 0 Å². The van der Waals surface area contributed by atoms with Crippen LogP contribution in [0.25, 0.3) is 0 Å². The van der Waals surface area contributed by atoms with Crippen molar-refractivity contribution in [3.05, 3.63) is 0 Å². The molecule has 0 spiro atoms. The maximum atomic E-state index is 11.7. The van der Waals surface area contributed by atoms with Crippen LogP contribution < -0.4 is 0 Å². The molecule has 1 aliphatic carbocycles.